The number of piperidine rings is 1. The number of hydrogen-bond donors (Lipinski definition) is 2. The molecule has 2 fully saturated rings. The fourth-order valence-electron chi connectivity index (χ4n) is 3.65. The standard InChI is InChI=1S/C15H30N2O/c1-2-13-10-15(12-17(11-13)8-9-18)16-14-6-4-3-5-7-14/h13-16,18H,2-12H2,1H3. The highest BCUT2D eigenvalue weighted by atomic mass is 16.3. The molecule has 2 N–H and O–H groups in total. The smallest absolute Gasteiger partial charge is 0.0558 e. The Morgan fingerprint density at radius 2 is 1.89 bits per heavy atom. The van der Waals surface area contributed by atoms with Gasteiger partial charge in [0, 0.05) is 31.7 Å². The van der Waals surface area contributed by atoms with E-state index in [4.69, 9.17) is 5.11 Å². The molecule has 3 heteroatoms. The van der Waals surface area contributed by atoms with E-state index in [1.54, 1.807) is 0 Å². The molecule has 2 aliphatic rings. The molecule has 0 radical (unpaired) electrons. The molecule has 2 unspecified atom stereocenters. The lowest BCUT2D eigenvalue weighted by molar-refractivity contribution is 0.107. The van der Waals surface area contributed by atoms with E-state index in [0.29, 0.717) is 12.6 Å². The first-order valence-corrected chi connectivity index (χ1v) is 7.91. The van der Waals surface area contributed by atoms with Crippen molar-refractivity contribution in [1.29, 1.82) is 0 Å². The molecule has 1 heterocycles. The molecule has 0 aromatic heterocycles. The van der Waals surface area contributed by atoms with Crippen molar-refractivity contribution in [2.45, 2.75) is 64.0 Å². The van der Waals surface area contributed by atoms with Crippen LogP contribution in [0.5, 0.6) is 0 Å². The summed E-state index contributed by atoms with van der Waals surface area (Å²) in [6.07, 6.45) is 9.57. The van der Waals surface area contributed by atoms with Crippen LogP contribution in [0.25, 0.3) is 0 Å². The third-order valence-corrected chi connectivity index (χ3v) is 4.68. The molecule has 2 rings (SSSR count). The Morgan fingerprint density at radius 1 is 1.11 bits per heavy atom. The normalized spacial score (nSPS) is 31.7. The first-order valence-electron chi connectivity index (χ1n) is 7.91. The highest BCUT2D eigenvalue weighted by Gasteiger charge is 2.27. The molecular weight excluding hydrogens is 224 g/mol. The molecule has 1 saturated heterocycles. The summed E-state index contributed by atoms with van der Waals surface area (Å²) in [5.41, 5.74) is 0. The highest BCUT2D eigenvalue weighted by Crippen LogP contribution is 2.23. The van der Waals surface area contributed by atoms with Crippen molar-refractivity contribution in [2.75, 3.05) is 26.2 Å². The van der Waals surface area contributed by atoms with Crippen molar-refractivity contribution in [3.63, 3.8) is 0 Å². The van der Waals surface area contributed by atoms with E-state index in [2.05, 4.69) is 17.1 Å². The van der Waals surface area contributed by atoms with Gasteiger partial charge in [0.1, 0.15) is 0 Å². The van der Waals surface area contributed by atoms with Gasteiger partial charge in [0.25, 0.3) is 0 Å². The molecular formula is C15H30N2O. The number of rotatable bonds is 5. The van der Waals surface area contributed by atoms with E-state index in [0.717, 1.165) is 25.0 Å². The van der Waals surface area contributed by atoms with Gasteiger partial charge in [-0.25, -0.2) is 0 Å². The van der Waals surface area contributed by atoms with Crippen LogP contribution in [0, 0.1) is 5.92 Å². The number of β-amino-alcohol motifs (C(OH)–C–C–N with tert-alkyl or cyclic N) is 1. The zero-order valence-corrected chi connectivity index (χ0v) is 11.9. The Hall–Kier alpha value is -0.120. The number of aliphatic hydroxyl groups is 1. The van der Waals surface area contributed by atoms with Crippen LogP contribution in [0.3, 0.4) is 0 Å². The summed E-state index contributed by atoms with van der Waals surface area (Å²) in [4.78, 5) is 2.44. The maximum absolute atomic E-state index is 9.12. The summed E-state index contributed by atoms with van der Waals surface area (Å²) < 4.78 is 0. The van der Waals surface area contributed by atoms with Crippen molar-refractivity contribution in [1.82, 2.24) is 10.2 Å². The maximum atomic E-state index is 9.12. The second kappa shape index (κ2) is 7.46. The summed E-state index contributed by atoms with van der Waals surface area (Å²) in [5, 5.41) is 13.0. The van der Waals surface area contributed by atoms with Crippen LogP contribution in [0.4, 0.5) is 0 Å². The predicted octanol–water partition coefficient (Wildman–Crippen LogP) is 2.00. The zero-order valence-electron chi connectivity index (χ0n) is 11.9. The van der Waals surface area contributed by atoms with Crippen LogP contribution in [0.2, 0.25) is 0 Å². The Labute approximate surface area is 112 Å². The van der Waals surface area contributed by atoms with Crippen LogP contribution in [-0.2, 0) is 0 Å². The SMILES string of the molecule is CCC1CC(NC2CCCCC2)CN(CCO)C1. The maximum Gasteiger partial charge on any atom is 0.0558 e. The average molecular weight is 254 g/mol. The number of hydrogen-bond acceptors (Lipinski definition) is 3. The summed E-state index contributed by atoms with van der Waals surface area (Å²) in [6.45, 7) is 5.75. The molecule has 18 heavy (non-hydrogen) atoms. The van der Waals surface area contributed by atoms with Crippen LogP contribution < -0.4 is 5.32 Å². The Kier molecular flexibility index (Phi) is 5.93. The summed E-state index contributed by atoms with van der Waals surface area (Å²) in [7, 11) is 0. The number of likely N-dealkylation sites (tertiary alicyclic amines) is 1. The largest absolute Gasteiger partial charge is 0.395 e. The van der Waals surface area contributed by atoms with Crippen LogP contribution in [-0.4, -0.2) is 48.3 Å². The number of nitrogens with zero attached hydrogens (tertiary/aromatic N) is 1. The quantitative estimate of drug-likeness (QED) is 0.788. The lowest BCUT2D eigenvalue weighted by Crippen LogP contribution is -2.52. The lowest BCUT2D eigenvalue weighted by Gasteiger charge is -2.40. The van der Waals surface area contributed by atoms with E-state index >= 15 is 0 Å². The van der Waals surface area contributed by atoms with Gasteiger partial charge in [-0.05, 0) is 25.2 Å². The average Bonchev–Trinajstić information content (AvgIpc) is 2.40. The first kappa shape index (κ1) is 14.3. The molecule has 0 bridgehead atoms. The van der Waals surface area contributed by atoms with Gasteiger partial charge >= 0.3 is 0 Å². The van der Waals surface area contributed by atoms with Crippen LogP contribution in [0.1, 0.15) is 51.9 Å². The molecule has 3 nitrogen and oxygen atoms in total. The topological polar surface area (TPSA) is 35.5 Å². The van der Waals surface area contributed by atoms with E-state index < -0.39 is 0 Å². The molecule has 0 aromatic rings. The van der Waals surface area contributed by atoms with Crippen molar-refractivity contribution >= 4 is 0 Å². The molecule has 0 aromatic carbocycles. The van der Waals surface area contributed by atoms with Crippen molar-refractivity contribution in [2.24, 2.45) is 5.92 Å². The molecule has 2 atom stereocenters. The fourth-order valence-corrected chi connectivity index (χ4v) is 3.65. The molecule has 0 amide bonds. The van der Waals surface area contributed by atoms with Crippen LogP contribution in [0.15, 0.2) is 0 Å². The van der Waals surface area contributed by atoms with Gasteiger partial charge in [0.2, 0.25) is 0 Å². The first-order chi connectivity index (χ1) is 8.81. The minimum atomic E-state index is 0.298. The van der Waals surface area contributed by atoms with Crippen molar-refractivity contribution in [3.8, 4) is 0 Å². The van der Waals surface area contributed by atoms with Crippen molar-refractivity contribution < 1.29 is 5.11 Å². The van der Waals surface area contributed by atoms with Crippen molar-refractivity contribution in [3.05, 3.63) is 0 Å². The minimum absolute atomic E-state index is 0.298. The van der Waals surface area contributed by atoms with Gasteiger partial charge in [-0.3, -0.25) is 4.90 Å². The molecule has 0 spiro atoms. The Bertz CT molecular complexity index is 229. The fraction of sp³-hybridized carbons (Fsp3) is 1.00. The van der Waals surface area contributed by atoms with Crippen LogP contribution >= 0.6 is 0 Å². The lowest BCUT2D eigenvalue weighted by atomic mass is 9.89. The molecule has 1 saturated carbocycles. The van der Waals surface area contributed by atoms with E-state index in [-0.39, 0.29) is 0 Å². The van der Waals surface area contributed by atoms with Gasteiger partial charge in [-0.15, -0.1) is 0 Å². The summed E-state index contributed by atoms with van der Waals surface area (Å²) in [6, 6.07) is 1.41. The van der Waals surface area contributed by atoms with Gasteiger partial charge in [-0.2, -0.15) is 0 Å². The van der Waals surface area contributed by atoms with Gasteiger partial charge < -0.3 is 10.4 Å². The molecule has 1 aliphatic heterocycles. The summed E-state index contributed by atoms with van der Waals surface area (Å²) >= 11 is 0. The number of aliphatic hydroxyl groups excluding tert-OH is 1. The molecule has 1 aliphatic carbocycles. The van der Waals surface area contributed by atoms with Gasteiger partial charge in [0.05, 0.1) is 6.61 Å². The third kappa shape index (κ3) is 4.22. The third-order valence-electron chi connectivity index (χ3n) is 4.68. The second-order valence-electron chi connectivity index (χ2n) is 6.19. The van der Waals surface area contributed by atoms with E-state index in [1.165, 1.54) is 51.5 Å². The Morgan fingerprint density at radius 3 is 2.56 bits per heavy atom. The van der Waals surface area contributed by atoms with Gasteiger partial charge in [-0.1, -0.05) is 32.6 Å². The van der Waals surface area contributed by atoms with Gasteiger partial charge in [0.15, 0.2) is 0 Å². The van der Waals surface area contributed by atoms with E-state index in [9.17, 15) is 0 Å². The number of nitrogens with one attached hydrogen (secondary N) is 1. The Balaban J connectivity index is 1.81. The predicted molar refractivity (Wildman–Crippen MR) is 75.7 cm³/mol. The van der Waals surface area contributed by atoms with E-state index in [1.807, 2.05) is 0 Å². The zero-order chi connectivity index (χ0) is 12.8. The monoisotopic (exact) mass is 254 g/mol. The highest BCUT2D eigenvalue weighted by molar-refractivity contribution is 4.86. The molecule has 106 valence electrons. The summed E-state index contributed by atoms with van der Waals surface area (Å²) in [5.74, 6) is 0.811. The second-order valence-corrected chi connectivity index (χ2v) is 6.19. The minimum Gasteiger partial charge on any atom is -0.395 e.